The molecular weight excluding hydrogens is 279 g/mol. The predicted molar refractivity (Wildman–Crippen MR) is 80.4 cm³/mol. The van der Waals surface area contributed by atoms with E-state index in [0.29, 0.717) is 16.0 Å². The van der Waals surface area contributed by atoms with E-state index in [2.05, 4.69) is 9.88 Å². The van der Waals surface area contributed by atoms with Crippen LogP contribution in [0.1, 0.15) is 30.0 Å². The Hall–Kier alpha value is -0.700. The Morgan fingerprint density at radius 2 is 2.00 bits per heavy atom. The van der Waals surface area contributed by atoms with E-state index in [9.17, 15) is 0 Å². The largest absolute Gasteiger partial charge is 0.358 e. The number of nitrogens with zero attached hydrogens (tertiary/aromatic N) is 1. The molecule has 1 aromatic carbocycles. The number of hydrogen-bond donors (Lipinski definition) is 1. The fraction of sp³-hybridized carbons (Fsp3) is 0.467. The summed E-state index contributed by atoms with van der Waals surface area (Å²) < 4.78 is 0. The Labute approximate surface area is 122 Å². The van der Waals surface area contributed by atoms with Gasteiger partial charge < -0.3 is 9.88 Å². The van der Waals surface area contributed by atoms with Gasteiger partial charge in [-0.25, -0.2) is 0 Å². The van der Waals surface area contributed by atoms with E-state index in [-0.39, 0.29) is 0 Å². The van der Waals surface area contributed by atoms with Crippen LogP contribution in [0.5, 0.6) is 0 Å². The number of H-pyrrole nitrogens is 1. The maximum Gasteiger partial charge on any atom is 0.0613 e. The quantitative estimate of drug-likeness (QED) is 0.771. The minimum atomic E-state index is 0.635. The molecule has 2 aromatic rings. The fourth-order valence-corrected chi connectivity index (χ4v) is 3.97. The Bertz CT molecular complexity index is 647. The molecule has 1 aromatic heterocycles. The molecule has 4 heteroatoms. The highest BCUT2D eigenvalue weighted by Gasteiger charge is 2.29. The van der Waals surface area contributed by atoms with Crippen molar-refractivity contribution in [3.63, 3.8) is 0 Å². The van der Waals surface area contributed by atoms with Crippen LogP contribution in [0, 0.1) is 0 Å². The van der Waals surface area contributed by atoms with Crippen molar-refractivity contribution in [3.8, 4) is 0 Å². The van der Waals surface area contributed by atoms with E-state index in [4.69, 9.17) is 23.2 Å². The predicted octanol–water partition coefficient (Wildman–Crippen LogP) is 4.21. The standard InChI is InChI=1S/C15H16Cl2N2/c16-12-6-11-10-3-5-19-4-1-2-9(8-19)15(10)18-14(11)7-13(12)17/h6-7,9,18H,1-5,8H2. The summed E-state index contributed by atoms with van der Waals surface area (Å²) in [6.07, 6.45) is 3.71. The lowest BCUT2D eigenvalue weighted by Gasteiger charge is -2.29. The molecule has 4 rings (SSSR count). The molecule has 1 fully saturated rings. The maximum atomic E-state index is 6.18. The average molecular weight is 295 g/mol. The summed E-state index contributed by atoms with van der Waals surface area (Å²) in [4.78, 5) is 6.20. The van der Waals surface area contributed by atoms with Gasteiger partial charge in [-0.1, -0.05) is 23.2 Å². The van der Waals surface area contributed by atoms with Gasteiger partial charge in [0.1, 0.15) is 0 Å². The second kappa shape index (κ2) is 4.41. The van der Waals surface area contributed by atoms with Gasteiger partial charge >= 0.3 is 0 Å². The zero-order valence-corrected chi connectivity index (χ0v) is 12.2. The van der Waals surface area contributed by atoms with Crippen molar-refractivity contribution in [1.82, 2.24) is 9.88 Å². The number of aromatic nitrogens is 1. The lowest BCUT2D eigenvalue weighted by atomic mass is 9.93. The molecule has 0 radical (unpaired) electrons. The molecule has 2 aliphatic heterocycles. The van der Waals surface area contributed by atoms with Crippen LogP contribution >= 0.6 is 23.2 Å². The second-order valence-electron chi connectivity index (χ2n) is 5.72. The van der Waals surface area contributed by atoms with E-state index < -0.39 is 0 Å². The molecule has 19 heavy (non-hydrogen) atoms. The SMILES string of the molecule is Clc1cc2[nH]c3c(c2cc1Cl)CCN1CCCC3C1. The van der Waals surface area contributed by atoms with Crippen molar-refractivity contribution in [3.05, 3.63) is 33.4 Å². The van der Waals surface area contributed by atoms with Crippen LogP contribution in [0.3, 0.4) is 0 Å². The molecule has 2 aliphatic rings. The van der Waals surface area contributed by atoms with E-state index in [1.54, 1.807) is 0 Å². The Balaban J connectivity index is 1.92. The normalized spacial score (nSPS) is 26.2. The summed E-state index contributed by atoms with van der Waals surface area (Å²) in [5.74, 6) is 0.649. The first-order chi connectivity index (χ1) is 9.22. The molecule has 0 aliphatic carbocycles. The van der Waals surface area contributed by atoms with Crippen molar-refractivity contribution >= 4 is 34.1 Å². The van der Waals surface area contributed by atoms with Gasteiger partial charge in [0.2, 0.25) is 0 Å². The minimum Gasteiger partial charge on any atom is -0.358 e. The number of hydrogen-bond acceptors (Lipinski definition) is 1. The van der Waals surface area contributed by atoms with Gasteiger partial charge in [-0.3, -0.25) is 0 Å². The molecule has 100 valence electrons. The number of nitrogens with one attached hydrogen (secondary N) is 1. The summed E-state index contributed by atoms with van der Waals surface area (Å²) in [6.45, 7) is 3.61. The summed E-state index contributed by atoms with van der Waals surface area (Å²) in [7, 11) is 0. The minimum absolute atomic E-state index is 0.635. The summed E-state index contributed by atoms with van der Waals surface area (Å²) in [5.41, 5.74) is 4.02. The molecular formula is C15H16Cl2N2. The molecule has 2 bridgehead atoms. The van der Waals surface area contributed by atoms with Crippen LogP contribution in [0.2, 0.25) is 10.0 Å². The van der Waals surface area contributed by atoms with Gasteiger partial charge in [0, 0.05) is 35.6 Å². The van der Waals surface area contributed by atoms with Crippen LogP contribution < -0.4 is 0 Å². The highest BCUT2D eigenvalue weighted by Crippen LogP contribution is 2.38. The van der Waals surface area contributed by atoms with E-state index in [1.165, 1.54) is 42.6 Å². The van der Waals surface area contributed by atoms with Gasteiger partial charge in [-0.15, -0.1) is 0 Å². The number of benzene rings is 1. The van der Waals surface area contributed by atoms with E-state index in [1.807, 2.05) is 12.1 Å². The molecule has 1 N–H and O–H groups in total. The number of piperidine rings is 1. The van der Waals surface area contributed by atoms with Crippen LogP contribution in [0.15, 0.2) is 12.1 Å². The van der Waals surface area contributed by atoms with Crippen LogP contribution in [-0.4, -0.2) is 29.5 Å². The second-order valence-corrected chi connectivity index (χ2v) is 6.53. The van der Waals surface area contributed by atoms with Crippen molar-refractivity contribution in [2.45, 2.75) is 25.2 Å². The van der Waals surface area contributed by atoms with Crippen molar-refractivity contribution in [2.24, 2.45) is 0 Å². The van der Waals surface area contributed by atoms with Gasteiger partial charge in [-0.2, -0.15) is 0 Å². The Kier molecular flexibility index (Phi) is 2.80. The maximum absolute atomic E-state index is 6.18. The molecule has 2 unspecified atom stereocenters. The summed E-state index contributed by atoms with van der Waals surface area (Å²) in [6, 6.07) is 3.99. The van der Waals surface area contributed by atoms with E-state index in [0.717, 1.165) is 18.5 Å². The van der Waals surface area contributed by atoms with Crippen LogP contribution in [0.25, 0.3) is 10.9 Å². The average Bonchev–Trinajstić information content (AvgIpc) is 2.69. The van der Waals surface area contributed by atoms with Crippen molar-refractivity contribution in [1.29, 1.82) is 0 Å². The third-order valence-electron chi connectivity index (χ3n) is 4.57. The van der Waals surface area contributed by atoms with Gasteiger partial charge in [0.25, 0.3) is 0 Å². The highest BCUT2D eigenvalue weighted by molar-refractivity contribution is 6.42. The van der Waals surface area contributed by atoms with E-state index >= 15 is 0 Å². The molecule has 2 atom stereocenters. The molecule has 0 spiro atoms. The zero-order valence-electron chi connectivity index (χ0n) is 10.7. The number of aromatic amines is 1. The molecule has 1 saturated heterocycles. The zero-order chi connectivity index (χ0) is 13.0. The topological polar surface area (TPSA) is 19.0 Å². The first-order valence-electron chi connectivity index (χ1n) is 6.94. The molecule has 0 amide bonds. The molecule has 0 saturated carbocycles. The molecule has 2 nitrogen and oxygen atoms in total. The number of rotatable bonds is 0. The van der Waals surface area contributed by atoms with Crippen LogP contribution in [-0.2, 0) is 6.42 Å². The van der Waals surface area contributed by atoms with Gasteiger partial charge in [0.05, 0.1) is 10.0 Å². The summed E-state index contributed by atoms with van der Waals surface area (Å²) >= 11 is 12.3. The van der Waals surface area contributed by atoms with Crippen LogP contribution in [0.4, 0.5) is 0 Å². The van der Waals surface area contributed by atoms with Crippen molar-refractivity contribution in [2.75, 3.05) is 19.6 Å². The first kappa shape index (κ1) is 12.1. The summed E-state index contributed by atoms with van der Waals surface area (Å²) in [5, 5.41) is 2.55. The molecule has 3 heterocycles. The Morgan fingerprint density at radius 3 is 2.89 bits per heavy atom. The number of halogens is 2. The fourth-order valence-electron chi connectivity index (χ4n) is 3.65. The Morgan fingerprint density at radius 1 is 1.16 bits per heavy atom. The number of fused-ring (bicyclic) bond motifs is 6. The lowest BCUT2D eigenvalue weighted by molar-refractivity contribution is 0.217. The highest BCUT2D eigenvalue weighted by atomic mass is 35.5. The van der Waals surface area contributed by atoms with Gasteiger partial charge in [-0.05, 0) is 43.5 Å². The third kappa shape index (κ3) is 1.89. The lowest BCUT2D eigenvalue weighted by Crippen LogP contribution is -2.33. The van der Waals surface area contributed by atoms with Crippen molar-refractivity contribution < 1.29 is 0 Å². The monoisotopic (exact) mass is 294 g/mol. The van der Waals surface area contributed by atoms with Gasteiger partial charge in [0.15, 0.2) is 0 Å². The third-order valence-corrected chi connectivity index (χ3v) is 5.29. The smallest absolute Gasteiger partial charge is 0.0613 e. The first-order valence-corrected chi connectivity index (χ1v) is 7.70.